The SMILES string of the molecule is CCCCCC(C)COS(=O)(=O)c1ccc(N(C)C)cc1. The minimum atomic E-state index is -3.65. The summed E-state index contributed by atoms with van der Waals surface area (Å²) in [5.41, 5.74) is 0.960. The van der Waals surface area contributed by atoms with Crippen LogP contribution in [0.25, 0.3) is 0 Å². The van der Waals surface area contributed by atoms with E-state index in [9.17, 15) is 8.42 Å². The number of hydrogen-bond acceptors (Lipinski definition) is 4. The highest BCUT2D eigenvalue weighted by Crippen LogP contribution is 2.19. The van der Waals surface area contributed by atoms with E-state index < -0.39 is 10.1 Å². The molecule has 1 atom stereocenters. The second-order valence-corrected chi connectivity index (χ2v) is 7.34. The molecule has 5 heteroatoms. The van der Waals surface area contributed by atoms with Crippen LogP contribution in [0, 0.1) is 5.92 Å². The van der Waals surface area contributed by atoms with E-state index in [1.807, 2.05) is 25.9 Å². The van der Waals surface area contributed by atoms with Crippen LogP contribution in [0.4, 0.5) is 5.69 Å². The number of anilines is 1. The number of unbranched alkanes of at least 4 members (excludes halogenated alkanes) is 2. The molecule has 0 radical (unpaired) electrons. The standard InChI is InChI=1S/C16H27NO3S/c1-5-6-7-8-14(2)13-20-21(18,19)16-11-9-15(10-12-16)17(3)4/h9-12,14H,5-8,13H2,1-4H3. The number of benzene rings is 1. The van der Waals surface area contributed by atoms with Crippen molar-refractivity contribution in [3.05, 3.63) is 24.3 Å². The van der Waals surface area contributed by atoms with Crippen LogP contribution >= 0.6 is 0 Å². The zero-order valence-electron chi connectivity index (χ0n) is 13.5. The molecule has 1 aromatic rings. The molecule has 0 saturated carbocycles. The van der Waals surface area contributed by atoms with Crippen LogP contribution in [-0.4, -0.2) is 29.1 Å². The Kier molecular flexibility index (Phi) is 7.18. The van der Waals surface area contributed by atoms with Gasteiger partial charge in [-0.15, -0.1) is 0 Å². The van der Waals surface area contributed by atoms with Crippen molar-refractivity contribution in [3.63, 3.8) is 0 Å². The third-order valence-electron chi connectivity index (χ3n) is 3.45. The molecule has 0 aromatic heterocycles. The first-order valence-electron chi connectivity index (χ1n) is 7.53. The summed E-state index contributed by atoms with van der Waals surface area (Å²) in [5, 5.41) is 0. The van der Waals surface area contributed by atoms with Crippen molar-refractivity contribution in [1.82, 2.24) is 0 Å². The summed E-state index contributed by atoms with van der Waals surface area (Å²) in [6.07, 6.45) is 4.48. The Bertz CT molecular complexity index is 509. The average molecular weight is 313 g/mol. The van der Waals surface area contributed by atoms with Crippen LogP contribution in [0.1, 0.15) is 39.5 Å². The molecular weight excluding hydrogens is 286 g/mol. The molecular formula is C16H27NO3S. The van der Waals surface area contributed by atoms with Gasteiger partial charge in [0.05, 0.1) is 11.5 Å². The molecule has 0 spiro atoms. The Balaban J connectivity index is 2.56. The summed E-state index contributed by atoms with van der Waals surface area (Å²) < 4.78 is 29.4. The van der Waals surface area contributed by atoms with Crippen LogP contribution in [-0.2, 0) is 14.3 Å². The molecule has 0 aliphatic carbocycles. The van der Waals surface area contributed by atoms with Crippen molar-refractivity contribution in [2.45, 2.75) is 44.4 Å². The van der Waals surface area contributed by atoms with Crippen molar-refractivity contribution in [3.8, 4) is 0 Å². The molecule has 1 rings (SSSR count). The van der Waals surface area contributed by atoms with E-state index in [1.54, 1.807) is 24.3 Å². The Hall–Kier alpha value is -1.07. The molecule has 1 aromatic carbocycles. The smallest absolute Gasteiger partial charge is 0.296 e. The van der Waals surface area contributed by atoms with E-state index in [0.29, 0.717) is 0 Å². The number of nitrogens with zero attached hydrogens (tertiary/aromatic N) is 1. The van der Waals surface area contributed by atoms with Gasteiger partial charge in [-0.3, -0.25) is 4.18 Å². The Morgan fingerprint density at radius 2 is 1.76 bits per heavy atom. The van der Waals surface area contributed by atoms with Crippen molar-refractivity contribution in [1.29, 1.82) is 0 Å². The molecule has 21 heavy (non-hydrogen) atoms. The Morgan fingerprint density at radius 3 is 2.29 bits per heavy atom. The lowest BCUT2D eigenvalue weighted by Crippen LogP contribution is -2.13. The summed E-state index contributed by atoms with van der Waals surface area (Å²) >= 11 is 0. The summed E-state index contributed by atoms with van der Waals surface area (Å²) in [6.45, 7) is 4.44. The van der Waals surface area contributed by atoms with E-state index >= 15 is 0 Å². The molecule has 0 heterocycles. The lowest BCUT2D eigenvalue weighted by Gasteiger charge is -2.14. The molecule has 0 aliphatic heterocycles. The summed E-state index contributed by atoms with van der Waals surface area (Å²) in [5.74, 6) is 0.257. The predicted molar refractivity (Wildman–Crippen MR) is 87.2 cm³/mol. The number of rotatable bonds is 9. The molecule has 0 aliphatic rings. The summed E-state index contributed by atoms with van der Waals surface area (Å²) in [7, 11) is 0.182. The maximum atomic E-state index is 12.1. The van der Waals surface area contributed by atoms with Gasteiger partial charge in [-0.2, -0.15) is 8.42 Å². The van der Waals surface area contributed by atoms with Crippen molar-refractivity contribution in [2.75, 3.05) is 25.6 Å². The van der Waals surface area contributed by atoms with Crippen LogP contribution in [0.5, 0.6) is 0 Å². The van der Waals surface area contributed by atoms with Crippen molar-refractivity contribution in [2.24, 2.45) is 5.92 Å². The normalized spacial score (nSPS) is 13.1. The number of hydrogen-bond donors (Lipinski definition) is 0. The first-order valence-corrected chi connectivity index (χ1v) is 8.94. The fourth-order valence-electron chi connectivity index (χ4n) is 2.01. The van der Waals surface area contributed by atoms with E-state index in [-0.39, 0.29) is 17.4 Å². The van der Waals surface area contributed by atoms with Gasteiger partial charge in [0.15, 0.2) is 0 Å². The maximum Gasteiger partial charge on any atom is 0.296 e. The predicted octanol–water partition coefficient (Wildman–Crippen LogP) is 3.67. The second-order valence-electron chi connectivity index (χ2n) is 5.73. The van der Waals surface area contributed by atoms with Gasteiger partial charge in [0.25, 0.3) is 10.1 Å². The molecule has 0 N–H and O–H groups in total. The summed E-state index contributed by atoms with van der Waals surface area (Å²) in [4.78, 5) is 2.14. The van der Waals surface area contributed by atoms with Crippen LogP contribution in [0.2, 0.25) is 0 Å². The lowest BCUT2D eigenvalue weighted by molar-refractivity contribution is 0.254. The fraction of sp³-hybridized carbons (Fsp3) is 0.625. The van der Waals surface area contributed by atoms with Crippen molar-refractivity contribution < 1.29 is 12.6 Å². The first kappa shape index (κ1) is 18.0. The van der Waals surface area contributed by atoms with Gasteiger partial charge in [-0.1, -0.05) is 33.1 Å². The van der Waals surface area contributed by atoms with Crippen molar-refractivity contribution >= 4 is 15.8 Å². The van der Waals surface area contributed by atoms with Gasteiger partial charge in [-0.05, 0) is 36.6 Å². The molecule has 0 amide bonds. The first-order chi connectivity index (χ1) is 9.86. The van der Waals surface area contributed by atoms with E-state index in [1.165, 1.54) is 12.8 Å². The zero-order chi connectivity index (χ0) is 15.9. The minimum absolute atomic E-state index is 0.217. The fourth-order valence-corrected chi connectivity index (χ4v) is 3.03. The third-order valence-corrected chi connectivity index (χ3v) is 4.75. The molecule has 0 fully saturated rings. The second kappa shape index (κ2) is 8.39. The molecule has 120 valence electrons. The van der Waals surface area contributed by atoms with Gasteiger partial charge < -0.3 is 4.90 Å². The molecule has 0 bridgehead atoms. The largest absolute Gasteiger partial charge is 0.378 e. The molecule has 0 saturated heterocycles. The van der Waals surface area contributed by atoms with Gasteiger partial charge in [0.1, 0.15) is 0 Å². The van der Waals surface area contributed by atoms with Gasteiger partial charge in [0.2, 0.25) is 0 Å². The van der Waals surface area contributed by atoms with E-state index in [0.717, 1.165) is 18.5 Å². The zero-order valence-corrected chi connectivity index (χ0v) is 14.3. The van der Waals surface area contributed by atoms with Crippen LogP contribution < -0.4 is 4.90 Å². The Labute approximate surface area is 129 Å². The monoisotopic (exact) mass is 313 g/mol. The minimum Gasteiger partial charge on any atom is -0.378 e. The lowest BCUT2D eigenvalue weighted by atomic mass is 10.0. The summed E-state index contributed by atoms with van der Waals surface area (Å²) in [6, 6.07) is 6.74. The van der Waals surface area contributed by atoms with Gasteiger partial charge >= 0.3 is 0 Å². The average Bonchev–Trinajstić information content (AvgIpc) is 2.45. The third kappa shape index (κ3) is 6.06. The highest BCUT2D eigenvalue weighted by Gasteiger charge is 2.16. The molecule has 4 nitrogen and oxygen atoms in total. The highest BCUT2D eigenvalue weighted by molar-refractivity contribution is 7.86. The van der Waals surface area contributed by atoms with Crippen LogP contribution in [0.15, 0.2) is 29.2 Å². The quantitative estimate of drug-likeness (QED) is 0.515. The van der Waals surface area contributed by atoms with Gasteiger partial charge in [-0.25, -0.2) is 0 Å². The van der Waals surface area contributed by atoms with E-state index in [2.05, 4.69) is 6.92 Å². The Morgan fingerprint density at radius 1 is 1.14 bits per heavy atom. The highest BCUT2D eigenvalue weighted by atomic mass is 32.2. The topological polar surface area (TPSA) is 46.6 Å². The van der Waals surface area contributed by atoms with Gasteiger partial charge in [0, 0.05) is 19.8 Å². The van der Waals surface area contributed by atoms with E-state index in [4.69, 9.17) is 4.18 Å². The molecule has 1 unspecified atom stereocenters. The van der Waals surface area contributed by atoms with Crippen LogP contribution in [0.3, 0.4) is 0 Å². The maximum absolute atomic E-state index is 12.1.